The maximum atomic E-state index is 11.7. The molecular formula is C13H24N2O2. The summed E-state index contributed by atoms with van der Waals surface area (Å²) in [6.45, 7) is 9.83. The standard InChI is InChI=1S/C13H24N2O2/c1-9-6-12(9)13(16)14-7-10(2)15-4-5-17-8-11(15)3/h9-12H,4-8H2,1-3H3,(H,14,16)/t9-,10+,11-,12+/m1/s1. The first kappa shape index (κ1) is 12.8. The van der Waals surface area contributed by atoms with Crippen molar-refractivity contribution >= 4 is 5.91 Å². The quantitative estimate of drug-likeness (QED) is 0.793. The van der Waals surface area contributed by atoms with Gasteiger partial charge in [-0.15, -0.1) is 0 Å². The van der Waals surface area contributed by atoms with Gasteiger partial charge in [0.1, 0.15) is 0 Å². The minimum absolute atomic E-state index is 0.241. The molecule has 0 aromatic heterocycles. The maximum absolute atomic E-state index is 11.7. The van der Waals surface area contributed by atoms with Crippen molar-refractivity contribution in [1.29, 1.82) is 0 Å². The largest absolute Gasteiger partial charge is 0.379 e. The molecule has 1 aliphatic heterocycles. The van der Waals surface area contributed by atoms with Crippen LogP contribution in [0.3, 0.4) is 0 Å². The van der Waals surface area contributed by atoms with E-state index in [9.17, 15) is 4.79 Å². The molecule has 0 bridgehead atoms. The van der Waals surface area contributed by atoms with Crippen LogP contribution in [0.1, 0.15) is 27.2 Å². The number of hydrogen-bond donors (Lipinski definition) is 1. The topological polar surface area (TPSA) is 41.6 Å². The van der Waals surface area contributed by atoms with E-state index in [1.54, 1.807) is 0 Å². The van der Waals surface area contributed by atoms with Crippen molar-refractivity contribution in [3.05, 3.63) is 0 Å². The first-order valence-corrected chi connectivity index (χ1v) is 6.70. The molecule has 2 rings (SSSR count). The molecule has 2 fully saturated rings. The molecular weight excluding hydrogens is 216 g/mol. The van der Waals surface area contributed by atoms with Crippen molar-refractivity contribution in [2.45, 2.75) is 39.3 Å². The SMILES string of the molecule is C[C@@H]1C[C@@H]1C(=O)NC[C@H](C)N1CCOC[C@H]1C. The fourth-order valence-corrected chi connectivity index (χ4v) is 2.58. The Balaban J connectivity index is 1.72. The first-order valence-electron chi connectivity index (χ1n) is 6.70. The van der Waals surface area contributed by atoms with E-state index >= 15 is 0 Å². The van der Waals surface area contributed by atoms with Crippen LogP contribution in [-0.4, -0.2) is 49.2 Å². The van der Waals surface area contributed by atoms with Gasteiger partial charge in [-0.2, -0.15) is 0 Å². The second-order valence-corrected chi connectivity index (χ2v) is 5.58. The normalized spacial score (nSPS) is 35.4. The maximum Gasteiger partial charge on any atom is 0.223 e. The molecule has 2 aliphatic rings. The molecule has 4 atom stereocenters. The molecule has 17 heavy (non-hydrogen) atoms. The second kappa shape index (κ2) is 5.36. The molecule has 1 aliphatic carbocycles. The average Bonchev–Trinajstić information content (AvgIpc) is 3.03. The highest BCUT2D eigenvalue weighted by atomic mass is 16.5. The molecule has 1 heterocycles. The average molecular weight is 240 g/mol. The highest BCUT2D eigenvalue weighted by molar-refractivity contribution is 5.81. The minimum atomic E-state index is 0.241. The number of nitrogens with zero attached hydrogens (tertiary/aromatic N) is 1. The lowest BCUT2D eigenvalue weighted by atomic mass is 10.2. The van der Waals surface area contributed by atoms with Gasteiger partial charge in [0.15, 0.2) is 0 Å². The summed E-state index contributed by atoms with van der Waals surface area (Å²) in [6, 6.07) is 0.849. The van der Waals surface area contributed by atoms with Crippen LogP contribution in [0, 0.1) is 11.8 Å². The Bertz CT molecular complexity index is 283. The van der Waals surface area contributed by atoms with Gasteiger partial charge in [0.25, 0.3) is 0 Å². The lowest BCUT2D eigenvalue weighted by Crippen LogP contribution is -2.52. The molecule has 4 nitrogen and oxygen atoms in total. The molecule has 4 heteroatoms. The Morgan fingerprint density at radius 2 is 2.24 bits per heavy atom. The summed E-state index contributed by atoms with van der Waals surface area (Å²) < 4.78 is 5.42. The summed E-state index contributed by atoms with van der Waals surface area (Å²) in [5.41, 5.74) is 0. The van der Waals surface area contributed by atoms with Crippen LogP contribution in [0.15, 0.2) is 0 Å². The fourth-order valence-electron chi connectivity index (χ4n) is 2.58. The van der Waals surface area contributed by atoms with Gasteiger partial charge in [-0.05, 0) is 26.2 Å². The van der Waals surface area contributed by atoms with Crippen molar-refractivity contribution in [1.82, 2.24) is 10.2 Å². The third-order valence-electron chi connectivity index (χ3n) is 4.00. The molecule has 0 unspecified atom stereocenters. The predicted octanol–water partition coefficient (Wildman–Crippen LogP) is 0.868. The van der Waals surface area contributed by atoms with E-state index in [1.165, 1.54) is 0 Å². The van der Waals surface area contributed by atoms with Gasteiger partial charge in [0.2, 0.25) is 5.91 Å². The Hall–Kier alpha value is -0.610. The number of morpholine rings is 1. The van der Waals surface area contributed by atoms with E-state index in [2.05, 4.69) is 31.0 Å². The summed E-state index contributed by atoms with van der Waals surface area (Å²) in [7, 11) is 0. The number of hydrogen-bond acceptors (Lipinski definition) is 3. The molecule has 98 valence electrons. The fraction of sp³-hybridized carbons (Fsp3) is 0.923. The molecule has 0 aromatic rings. The van der Waals surface area contributed by atoms with Crippen LogP contribution in [0.25, 0.3) is 0 Å². The molecule has 0 radical (unpaired) electrons. The van der Waals surface area contributed by atoms with Crippen molar-refractivity contribution in [2.24, 2.45) is 11.8 Å². The lowest BCUT2D eigenvalue weighted by molar-refractivity contribution is -0.123. The molecule has 0 spiro atoms. The Kier molecular flexibility index (Phi) is 4.05. The second-order valence-electron chi connectivity index (χ2n) is 5.58. The molecule has 1 amide bonds. The van der Waals surface area contributed by atoms with Gasteiger partial charge in [-0.1, -0.05) is 6.92 Å². The molecule has 1 saturated heterocycles. The van der Waals surface area contributed by atoms with Crippen LogP contribution in [0.4, 0.5) is 0 Å². The lowest BCUT2D eigenvalue weighted by Gasteiger charge is -2.37. The van der Waals surface area contributed by atoms with Gasteiger partial charge in [-0.25, -0.2) is 0 Å². The van der Waals surface area contributed by atoms with Crippen molar-refractivity contribution in [3.8, 4) is 0 Å². The summed E-state index contributed by atoms with van der Waals surface area (Å²) in [4.78, 5) is 14.1. The number of amides is 1. The summed E-state index contributed by atoms with van der Waals surface area (Å²) >= 11 is 0. The van der Waals surface area contributed by atoms with Gasteiger partial charge in [0.05, 0.1) is 13.2 Å². The van der Waals surface area contributed by atoms with E-state index in [4.69, 9.17) is 4.74 Å². The number of ether oxygens (including phenoxy) is 1. The van der Waals surface area contributed by atoms with Gasteiger partial charge in [0, 0.05) is 31.1 Å². The highest BCUT2D eigenvalue weighted by Gasteiger charge is 2.39. The zero-order chi connectivity index (χ0) is 12.4. The third kappa shape index (κ3) is 3.19. The zero-order valence-corrected chi connectivity index (χ0v) is 11.1. The van der Waals surface area contributed by atoms with Crippen LogP contribution < -0.4 is 5.32 Å². The summed E-state index contributed by atoms with van der Waals surface area (Å²) in [5.74, 6) is 1.11. The van der Waals surface area contributed by atoms with Crippen LogP contribution in [0.2, 0.25) is 0 Å². The van der Waals surface area contributed by atoms with Gasteiger partial charge < -0.3 is 10.1 Å². The van der Waals surface area contributed by atoms with E-state index in [0.29, 0.717) is 18.0 Å². The molecule has 0 aromatic carbocycles. The van der Waals surface area contributed by atoms with E-state index in [1.807, 2.05) is 0 Å². The zero-order valence-electron chi connectivity index (χ0n) is 11.1. The first-order chi connectivity index (χ1) is 8.09. The van der Waals surface area contributed by atoms with Crippen LogP contribution in [0.5, 0.6) is 0 Å². The van der Waals surface area contributed by atoms with E-state index in [0.717, 1.165) is 32.7 Å². The Morgan fingerprint density at radius 3 is 2.82 bits per heavy atom. The van der Waals surface area contributed by atoms with Crippen molar-refractivity contribution < 1.29 is 9.53 Å². The summed E-state index contributed by atoms with van der Waals surface area (Å²) in [5, 5.41) is 3.07. The number of carbonyl (C=O) groups is 1. The monoisotopic (exact) mass is 240 g/mol. The molecule has 1 saturated carbocycles. The molecule has 1 N–H and O–H groups in total. The Morgan fingerprint density at radius 1 is 1.53 bits per heavy atom. The number of rotatable bonds is 4. The Labute approximate surface area is 104 Å². The number of nitrogens with one attached hydrogen (secondary N) is 1. The van der Waals surface area contributed by atoms with Crippen LogP contribution in [-0.2, 0) is 9.53 Å². The number of carbonyl (C=O) groups excluding carboxylic acids is 1. The third-order valence-corrected chi connectivity index (χ3v) is 4.00. The van der Waals surface area contributed by atoms with Crippen LogP contribution >= 0.6 is 0 Å². The smallest absolute Gasteiger partial charge is 0.223 e. The van der Waals surface area contributed by atoms with Crippen molar-refractivity contribution in [2.75, 3.05) is 26.3 Å². The van der Waals surface area contributed by atoms with E-state index < -0.39 is 0 Å². The predicted molar refractivity (Wildman–Crippen MR) is 66.7 cm³/mol. The van der Waals surface area contributed by atoms with Gasteiger partial charge >= 0.3 is 0 Å². The minimum Gasteiger partial charge on any atom is -0.379 e. The summed E-state index contributed by atoms with van der Waals surface area (Å²) in [6.07, 6.45) is 1.06. The highest BCUT2D eigenvalue weighted by Crippen LogP contribution is 2.37. The van der Waals surface area contributed by atoms with Gasteiger partial charge in [-0.3, -0.25) is 9.69 Å². The van der Waals surface area contributed by atoms with E-state index in [-0.39, 0.29) is 11.8 Å². The van der Waals surface area contributed by atoms with Crippen molar-refractivity contribution in [3.63, 3.8) is 0 Å².